The van der Waals surface area contributed by atoms with E-state index < -0.39 is 10.1 Å². The largest absolute Gasteiger partial charge is 0.412 e. The van der Waals surface area contributed by atoms with E-state index in [4.69, 9.17) is 4.18 Å². The molecular formula is C12H20O4S. The number of unbranched alkanes of at least 4 members (excludes halogenated alkanes) is 3. The van der Waals surface area contributed by atoms with Crippen LogP contribution in [0, 0.1) is 0 Å². The Labute approximate surface area is 103 Å². The molecule has 5 heteroatoms. The van der Waals surface area contributed by atoms with Gasteiger partial charge in [0, 0.05) is 0 Å². The Morgan fingerprint density at radius 3 is 2.29 bits per heavy atom. The van der Waals surface area contributed by atoms with E-state index in [1.165, 1.54) is 0 Å². The number of rotatable bonds is 7. The van der Waals surface area contributed by atoms with E-state index in [0.717, 1.165) is 19.3 Å². The van der Waals surface area contributed by atoms with Crippen LogP contribution in [0.3, 0.4) is 0 Å². The highest BCUT2D eigenvalue weighted by Crippen LogP contribution is 2.13. The van der Waals surface area contributed by atoms with Crippen molar-refractivity contribution in [2.24, 2.45) is 0 Å². The van der Waals surface area contributed by atoms with Gasteiger partial charge >= 0.3 is 10.1 Å². The summed E-state index contributed by atoms with van der Waals surface area (Å²) in [6.45, 7) is 2.09. The molecule has 0 aromatic heterocycles. The Bertz CT molecular complexity index is 386. The van der Waals surface area contributed by atoms with E-state index in [9.17, 15) is 8.42 Å². The lowest BCUT2D eigenvalue weighted by Crippen LogP contribution is -2.13. The Morgan fingerprint density at radius 1 is 1.06 bits per heavy atom. The summed E-state index contributed by atoms with van der Waals surface area (Å²) in [4.78, 5) is 0. The predicted molar refractivity (Wildman–Crippen MR) is 68.6 cm³/mol. The van der Waals surface area contributed by atoms with Crippen molar-refractivity contribution < 1.29 is 18.1 Å². The fraction of sp³-hybridized carbons (Fsp3) is 0.500. The van der Waals surface area contributed by atoms with Gasteiger partial charge in [-0.05, 0) is 18.6 Å². The number of hydrogen-bond acceptors (Lipinski definition) is 3. The highest BCUT2D eigenvalue weighted by molar-refractivity contribution is 7.87. The Kier molecular flexibility index (Phi) is 7.58. The fourth-order valence-corrected chi connectivity index (χ4v) is 2.42. The molecule has 0 saturated carbocycles. The number of hydrogen-bond donors (Lipinski definition) is 0. The normalized spacial score (nSPS) is 10.6. The van der Waals surface area contributed by atoms with Crippen molar-refractivity contribution in [3.05, 3.63) is 30.3 Å². The molecule has 1 aromatic rings. The summed E-state index contributed by atoms with van der Waals surface area (Å²) in [6.07, 6.45) is 3.78. The minimum Gasteiger partial charge on any atom is -0.412 e. The van der Waals surface area contributed by atoms with Gasteiger partial charge in [0.1, 0.15) is 5.75 Å². The van der Waals surface area contributed by atoms with E-state index in [2.05, 4.69) is 6.92 Å². The second-order valence-electron chi connectivity index (χ2n) is 3.72. The van der Waals surface area contributed by atoms with Gasteiger partial charge in [-0.3, -0.25) is 0 Å². The first-order chi connectivity index (χ1) is 7.64. The summed E-state index contributed by atoms with van der Waals surface area (Å²) in [5.41, 5.74) is 0. The van der Waals surface area contributed by atoms with Crippen LogP contribution < -0.4 is 4.18 Å². The summed E-state index contributed by atoms with van der Waals surface area (Å²) in [6, 6.07) is 8.61. The van der Waals surface area contributed by atoms with Crippen molar-refractivity contribution in [3.8, 4) is 5.75 Å². The minimum atomic E-state index is -3.42. The molecule has 0 aliphatic heterocycles. The molecule has 0 unspecified atom stereocenters. The standard InChI is InChI=1S/C12H18O3S.H2O/c1-2-3-4-8-11-16(13,14)15-12-9-6-5-7-10-12;/h5-7,9-10H,2-4,8,11H2,1H3;1H2. The average Bonchev–Trinajstić information content (AvgIpc) is 2.25. The quantitative estimate of drug-likeness (QED) is 0.557. The van der Waals surface area contributed by atoms with E-state index in [1.54, 1.807) is 24.3 Å². The maximum atomic E-state index is 11.5. The molecule has 17 heavy (non-hydrogen) atoms. The van der Waals surface area contributed by atoms with Gasteiger partial charge in [0.15, 0.2) is 0 Å². The Morgan fingerprint density at radius 2 is 1.71 bits per heavy atom. The van der Waals surface area contributed by atoms with Gasteiger partial charge < -0.3 is 9.66 Å². The Hall–Kier alpha value is -1.07. The smallest absolute Gasteiger partial charge is 0.309 e. The van der Waals surface area contributed by atoms with E-state index in [0.29, 0.717) is 12.2 Å². The summed E-state index contributed by atoms with van der Waals surface area (Å²) in [7, 11) is -3.42. The molecule has 0 fully saturated rings. The highest BCUT2D eigenvalue weighted by atomic mass is 32.2. The molecule has 0 atom stereocenters. The molecule has 0 spiro atoms. The van der Waals surface area contributed by atoms with Gasteiger partial charge in [0.2, 0.25) is 0 Å². The van der Waals surface area contributed by atoms with Crippen molar-refractivity contribution >= 4 is 10.1 Å². The Balaban J connectivity index is 0.00000256. The number of benzene rings is 1. The maximum absolute atomic E-state index is 11.5. The molecule has 0 aliphatic carbocycles. The van der Waals surface area contributed by atoms with E-state index in [-0.39, 0.29) is 11.2 Å². The molecule has 0 amide bonds. The first-order valence-corrected chi connectivity index (χ1v) is 7.19. The molecule has 2 N–H and O–H groups in total. The second kappa shape index (κ2) is 8.08. The molecule has 1 aromatic carbocycles. The molecule has 0 aliphatic rings. The first kappa shape index (κ1) is 15.9. The fourth-order valence-electron chi connectivity index (χ4n) is 1.37. The molecule has 4 nitrogen and oxygen atoms in total. The average molecular weight is 260 g/mol. The molecule has 0 saturated heterocycles. The summed E-state index contributed by atoms with van der Waals surface area (Å²) < 4.78 is 28.0. The summed E-state index contributed by atoms with van der Waals surface area (Å²) >= 11 is 0. The molecule has 0 bridgehead atoms. The summed E-state index contributed by atoms with van der Waals surface area (Å²) in [5.74, 6) is 0.486. The third-order valence-electron chi connectivity index (χ3n) is 2.21. The lowest BCUT2D eigenvalue weighted by molar-refractivity contribution is 0.482. The molecular weight excluding hydrogens is 240 g/mol. The van der Waals surface area contributed by atoms with Crippen LogP contribution >= 0.6 is 0 Å². The van der Waals surface area contributed by atoms with Gasteiger partial charge in [0.05, 0.1) is 5.75 Å². The van der Waals surface area contributed by atoms with Crippen LogP contribution in [-0.2, 0) is 10.1 Å². The topological polar surface area (TPSA) is 74.9 Å². The SMILES string of the molecule is CCCCCCS(=O)(=O)Oc1ccccc1.O. The van der Waals surface area contributed by atoms with Crippen LogP contribution in [0.15, 0.2) is 30.3 Å². The molecule has 0 radical (unpaired) electrons. The van der Waals surface area contributed by atoms with Gasteiger partial charge in [-0.1, -0.05) is 44.4 Å². The van der Waals surface area contributed by atoms with Crippen LogP contribution in [0.25, 0.3) is 0 Å². The van der Waals surface area contributed by atoms with Crippen molar-refractivity contribution in [2.45, 2.75) is 32.6 Å². The lowest BCUT2D eigenvalue weighted by atomic mass is 10.2. The zero-order chi connectivity index (χ0) is 11.9. The first-order valence-electron chi connectivity index (χ1n) is 5.61. The van der Waals surface area contributed by atoms with Crippen LogP contribution in [0.4, 0.5) is 0 Å². The van der Waals surface area contributed by atoms with Gasteiger partial charge in [0.25, 0.3) is 0 Å². The van der Waals surface area contributed by atoms with Crippen LogP contribution in [0.1, 0.15) is 32.6 Å². The number of para-hydroxylation sites is 1. The van der Waals surface area contributed by atoms with Gasteiger partial charge in [-0.2, -0.15) is 8.42 Å². The molecule has 0 heterocycles. The van der Waals surface area contributed by atoms with Crippen LogP contribution in [-0.4, -0.2) is 19.6 Å². The zero-order valence-corrected chi connectivity index (χ0v) is 10.9. The van der Waals surface area contributed by atoms with Crippen molar-refractivity contribution in [1.82, 2.24) is 0 Å². The predicted octanol–water partition coefficient (Wildman–Crippen LogP) is 2.15. The van der Waals surface area contributed by atoms with Crippen molar-refractivity contribution in [2.75, 3.05) is 5.75 Å². The van der Waals surface area contributed by atoms with Crippen molar-refractivity contribution in [1.29, 1.82) is 0 Å². The van der Waals surface area contributed by atoms with E-state index >= 15 is 0 Å². The second-order valence-corrected chi connectivity index (χ2v) is 5.41. The van der Waals surface area contributed by atoms with Gasteiger partial charge in [-0.25, -0.2) is 0 Å². The third-order valence-corrected chi connectivity index (χ3v) is 3.45. The van der Waals surface area contributed by atoms with E-state index in [1.807, 2.05) is 6.07 Å². The highest BCUT2D eigenvalue weighted by Gasteiger charge is 2.11. The molecule has 1 rings (SSSR count). The summed E-state index contributed by atoms with van der Waals surface area (Å²) in [5, 5.41) is 0. The minimum absolute atomic E-state index is 0. The van der Waals surface area contributed by atoms with Crippen LogP contribution in [0.5, 0.6) is 5.75 Å². The van der Waals surface area contributed by atoms with Crippen molar-refractivity contribution in [3.63, 3.8) is 0 Å². The third kappa shape index (κ3) is 6.97. The monoisotopic (exact) mass is 260 g/mol. The lowest BCUT2D eigenvalue weighted by Gasteiger charge is -2.06. The van der Waals surface area contributed by atoms with Crippen LogP contribution in [0.2, 0.25) is 0 Å². The maximum Gasteiger partial charge on any atom is 0.309 e. The van der Waals surface area contributed by atoms with Gasteiger partial charge in [-0.15, -0.1) is 0 Å². The zero-order valence-electron chi connectivity index (χ0n) is 10.1. The molecule has 98 valence electrons.